The molecule has 88 valence electrons. The van der Waals surface area contributed by atoms with Crippen molar-refractivity contribution in [1.82, 2.24) is 0 Å². The van der Waals surface area contributed by atoms with Crippen LogP contribution in [0.4, 0.5) is 0 Å². The minimum Gasteiger partial charge on any atom is -0.497 e. The summed E-state index contributed by atoms with van der Waals surface area (Å²) in [6.45, 7) is 0. The first-order chi connectivity index (χ1) is 7.72. The normalized spacial score (nSPS) is 12.3. The second-order valence-electron chi connectivity index (χ2n) is 3.81. The van der Waals surface area contributed by atoms with Gasteiger partial charge in [0.15, 0.2) is 0 Å². The van der Waals surface area contributed by atoms with Gasteiger partial charge < -0.3 is 9.84 Å². The summed E-state index contributed by atoms with van der Waals surface area (Å²) in [5, 5.41) is 8.47. The molecule has 1 saturated carbocycles. The van der Waals surface area contributed by atoms with Crippen LogP contribution in [0.2, 0.25) is 0 Å². The Morgan fingerprint density at radius 2 is 2.06 bits per heavy atom. The van der Waals surface area contributed by atoms with E-state index in [0.717, 1.165) is 11.3 Å². The Bertz CT molecular complexity index is 329. The van der Waals surface area contributed by atoms with Gasteiger partial charge in [-0.15, -0.1) is 0 Å². The second kappa shape index (κ2) is 6.88. The minimum absolute atomic E-state index is 0.160. The molecule has 16 heavy (non-hydrogen) atoms. The van der Waals surface area contributed by atoms with Crippen LogP contribution in [0.15, 0.2) is 24.3 Å². The van der Waals surface area contributed by atoms with Gasteiger partial charge in [0, 0.05) is 6.42 Å². The number of methoxy groups -OCH3 is 1. The van der Waals surface area contributed by atoms with Crippen LogP contribution in [0.3, 0.4) is 0 Å². The SMILES string of the molecule is C1CC1.COc1cccc(CCC(=O)O)c1. The highest BCUT2D eigenvalue weighted by Gasteiger charge is 1.99. The predicted octanol–water partition coefficient (Wildman–Crippen LogP) is 2.88. The van der Waals surface area contributed by atoms with E-state index in [0.29, 0.717) is 6.42 Å². The van der Waals surface area contributed by atoms with Crippen molar-refractivity contribution in [3.05, 3.63) is 29.8 Å². The molecule has 0 amide bonds. The molecule has 0 heterocycles. The van der Waals surface area contributed by atoms with E-state index in [1.807, 2.05) is 24.3 Å². The van der Waals surface area contributed by atoms with Gasteiger partial charge in [0.05, 0.1) is 7.11 Å². The van der Waals surface area contributed by atoms with Gasteiger partial charge in [0.25, 0.3) is 0 Å². The number of aryl methyl sites for hydroxylation is 1. The van der Waals surface area contributed by atoms with Gasteiger partial charge in [-0.05, 0) is 24.1 Å². The Morgan fingerprint density at radius 1 is 1.38 bits per heavy atom. The van der Waals surface area contributed by atoms with Crippen LogP contribution in [-0.4, -0.2) is 18.2 Å². The highest BCUT2D eigenvalue weighted by atomic mass is 16.5. The van der Waals surface area contributed by atoms with E-state index in [1.165, 1.54) is 19.3 Å². The molecule has 0 radical (unpaired) electrons. The van der Waals surface area contributed by atoms with Crippen LogP contribution in [0.5, 0.6) is 5.75 Å². The molecule has 2 rings (SSSR count). The zero-order valence-corrected chi connectivity index (χ0v) is 9.61. The summed E-state index contributed by atoms with van der Waals surface area (Å²) in [4.78, 5) is 10.3. The topological polar surface area (TPSA) is 46.5 Å². The lowest BCUT2D eigenvalue weighted by Crippen LogP contribution is -1.97. The zero-order valence-electron chi connectivity index (χ0n) is 9.61. The molecule has 1 N–H and O–H groups in total. The molecule has 0 atom stereocenters. The molecule has 1 fully saturated rings. The van der Waals surface area contributed by atoms with Crippen molar-refractivity contribution < 1.29 is 14.6 Å². The Labute approximate surface area is 96.1 Å². The molecule has 3 heteroatoms. The third-order valence-corrected chi connectivity index (χ3v) is 2.12. The van der Waals surface area contributed by atoms with Gasteiger partial charge >= 0.3 is 5.97 Å². The van der Waals surface area contributed by atoms with Crippen molar-refractivity contribution in [3.63, 3.8) is 0 Å². The number of hydrogen-bond acceptors (Lipinski definition) is 2. The monoisotopic (exact) mass is 222 g/mol. The summed E-state index contributed by atoms with van der Waals surface area (Å²) in [6, 6.07) is 7.44. The number of benzene rings is 1. The maximum absolute atomic E-state index is 10.3. The van der Waals surface area contributed by atoms with Crippen molar-refractivity contribution in [2.75, 3.05) is 7.11 Å². The van der Waals surface area contributed by atoms with Crippen molar-refractivity contribution in [2.45, 2.75) is 32.1 Å². The fraction of sp³-hybridized carbons (Fsp3) is 0.462. The zero-order chi connectivity index (χ0) is 11.8. The molecule has 0 unspecified atom stereocenters. The van der Waals surface area contributed by atoms with Gasteiger partial charge in [-0.2, -0.15) is 0 Å². The number of carbonyl (C=O) groups is 1. The molecule has 0 bridgehead atoms. The van der Waals surface area contributed by atoms with Gasteiger partial charge in [0.1, 0.15) is 5.75 Å². The molecule has 1 aliphatic carbocycles. The summed E-state index contributed by atoms with van der Waals surface area (Å²) in [5.41, 5.74) is 0.988. The third kappa shape index (κ3) is 6.06. The highest BCUT2D eigenvalue weighted by molar-refractivity contribution is 5.67. The second-order valence-corrected chi connectivity index (χ2v) is 3.81. The molecule has 3 nitrogen and oxygen atoms in total. The Hall–Kier alpha value is -1.51. The molecule has 1 aromatic carbocycles. The largest absolute Gasteiger partial charge is 0.497 e. The molecule has 0 aromatic heterocycles. The number of aliphatic carboxylic acids is 1. The first kappa shape index (κ1) is 12.6. The lowest BCUT2D eigenvalue weighted by molar-refractivity contribution is -0.136. The summed E-state index contributed by atoms with van der Waals surface area (Å²) in [5.74, 6) is -0.00860. The average Bonchev–Trinajstić information content (AvgIpc) is 3.14. The molecule has 0 saturated heterocycles. The summed E-state index contributed by atoms with van der Waals surface area (Å²) < 4.78 is 5.01. The molecular weight excluding hydrogens is 204 g/mol. The number of rotatable bonds is 4. The van der Waals surface area contributed by atoms with E-state index in [-0.39, 0.29) is 6.42 Å². The maximum atomic E-state index is 10.3. The smallest absolute Gasteiger partial charge is 0.303 e. The van der Waals surface area contributed by atoms with E-state index in [1.54, 1.807) is 7.11 Å². The molecule has 0 spiro atoms. The van der Waals surface area contributed by atoms with Crippen LogP contribution in [0.1, 0.15) is 31.2 Å². The van der Waals surface area contributed by atoms with Crippen LogP contribution >= 0.6 is 0 Å². The standard InChI is InChI=1S/C10H12O3.C3H6/c1-13-9-4-2-3-8(7-9)5-6-10(11)12;1-2-3-1/h2-4,7H,5-6H2,1H3,(H,11,12);1-3H2. The lowest BCUT2D eigenvalue weighted by Gasteiger charge is -2.02. The van der Waals surface area contributed by atoms with Gasteiger partial charge in [-0.25, -0.2) is 0 Å². The van der Waals surface area contributed by atoms with Crippen molar-refractivity contribution in [3.8, 4) is 5.75 Å². The van der Waals surface area contributed by atoms with Crippen LogP contribution in [0, 0.1) is 0 Å². The molecular formula is C13H18O3. The van der Waals surface area contributed by atoms with E-state index < -0.39 is 5.97 Å². The predicted molar refractivity (Wildman–Crippen MR) is 62.8 cm³/mol. The van der Waals surface area contributed by atoms with Crippen molar-refractivity contribution in [1.29, 1.82) is 0 Å². The first-order valence-corrected chi connectivity index (χ1v) is 5.57. The van der Waals surface area contributed by atoms with Crippen molar-refractivity contribution in [2.24, 2.45) is 0 Å². The Kier molecular flexibility index (Phi) is 5.40. The number of carboxylic acids is 1. The maximum Gasteiger partial charge on any atom is 0.303 e. The van der Waals surface area contributed by atoms with E-state index in [2.05, 4.69) is 0 Å². The Morgan fingerprint density at radius 3 is 2.56 bits per heavy atom. The van der Waals surface area contributed by atoms with Crippen molar-refractivity contribution >= 4 is 5.97 Å². The summed E-state index contributed by atoms with van der Waals surface area (Å²) in [7, 11) is 1.59. The van der Waals surface area contributed by atoms with E-state index >= 15 is 0 Å². The summed E-state index contributed by atoms with van der Waals surface area (Å²) in [6.07, 6.45) is 5.21. The van der Waals surface area contributed by atoms with Gasteiger partial charge in [-0.3, -0.25) is 4.79 Å². The van der Waals surface area contributed by atoms with Crippen LogP contribution < -0.4 is 4.74 Å². The van der Waals surface area contributed by atoms with Gasteiger partial charge in [0.2, 0.25) is 0 Å². The van der Waals surface area contributed by atoms with Crippen LogP contribution in [0.25, 0.3) is 0 Å². The number of ether oxygens (including phenoxy) is 1. The average molecular weight is 222 g/mol. The lowest BCUT2D eigenvalue weighted by atomic mass is 10.1. The molecule has 1 aliphatic rings. The third-order valence-electron chi connectivity index (χ3n) is 2.12. The van der Waals surface area contributed by atoms with E-state index in [9.17, 15) is 4.79 Å². The number of carboxylic acid groups (broad SMARTS) is 1. The molecule has 0 aliphatic heterocycles. The first-order valence-electron chi connectivity index (χ1n) is 5.57. The fourth-order valence-electron chi connectivity index (χ4n) is 1.08. The summed E-state index contributed by atoms with van der Waals surface area (Å²) >= 11 is 0. The number of hydrogen-bond donors (Lipinski definition) is 1. The highest BCUT2D eigenvalue weighted by Crippen LogP contribution is 2.15. The fourth-order valence-corrected chi connectivity index (χ4v) is 1.08. The molecule has 1 aromatic rings. The van der Waals surface area contributed by atoms with E-state index in [4.69, 9.17) is 9.84 Å². The quantitative estimate of drug-likeness (QED) is 0.852. The van der Waals surface area contributed by atoms with Crippen LogP contribution in [-0.2, 0) is 11.2 Å². The minimum atomic E-state index is -0.775. The van der Waals surface area contributed by atoms with Gasteiger partial charge in [-0.1, -0.05) is 31.4 Å². The Balaban J connectivity index is 0.000000365.